The Morgan fingerprint density at radius 1 is 1.22 bits per heavy atom. The summed E-state index contributed by atoms with van der Waals surface area (Å²) in [4.78, 5) is 25.3. The number of carbonyl (C=O) groups is 2. The minimum Gasteiger partial charge on any atom is -0.468 e. The second-order valence-electron chi connectivity index (χ2n) is 8.96. The van der Waals surface area contributed by atoms with E-state index >= 15 is 0 Å². The van der Waals surface area contributed by atoms with Gasteiger partial charge < -0.3 is 13.9 Å². The number of allylic oxidation sites excluding steroid dienone is 3. The third kappa shape index (κ3) is 4.91. The highest BCUT2D eigenvalue weighted by Gasteiger charge is 2.56. The van der Waals surface area contributed by atoms with Crippen LogP contribution in [0.25, 0.3) is 0 Å². The molecular formula is C21H36O5Si. The van der Waals surface area contributed by atoms with Gasteiger partial charge in [0, 0.05) is 12.5 Å². The Morgan fingerprint density at radius 2 is 1.74 bits per heavy atom. The van der Waals surface area contributed by atoms with Gasteiger partial charge in [0.15, 0.2) is 13.7 Å². The van der Waals surface area contributed by atoms with Gasteiger partial charge in [0.05, 0.1) is 14.2 Å². The third-order valence-electron chi connectivity index (χ3n) is 6.08. The first-order valence-electron chi connectivity index (χ1n) is 9.51. The second-order valence-corrected chi connectivity index (χ2v) is 13.8. The van der Waals surface area contributed by atoms with Crippen molar-refractivity contribution >= 4 is 20.3 Å². The zero-order valence-electron chi connectivity index (χ0n) is 18.2. The molecule has 6 heteroatoms. The number of hydrogen-bond acceptors (Lipinski definition) is 5. The predicted molar refractivity (Wildman–Crippen MR) is 110 cm³/mol. The molecular weight excluding hydrogens is 360 g/mol. The molecule has 1 aliphatic carbocycles. The molecule has 0 spiro atoms. The zero-order chi connectivity index (χ0) is 21.0. The topological polar surface area (TPSA) is 61.8 Å². The first-order valence-corrected chi connectivity index (χ1v) is 12.4. The number of carbonyl (C=O) groups excluding carboxylic acids is 2. The van der Waals surface area contributed by atoms with Crippen LogP contribution in [0.2, 0.25) is 18.1 Å². The quantitative estimate of drug-likeness (QED) is 0.259. The summed E-state index contributed by atoms with van der Waals surface area (Å²) in [7, 11) is 0.799. The fourth-order valence-electron chi connectivity index (χ4n) is 3.24. The SMILES string of the molecule is C=C(C)C1=CC(CCCO[Si](C)(C)C(C)(C)C)C(C(=O)OC)(C(=O)OC)C1. The molecule has 0 amide bonds. The molecule has 0 aliphatic heterocycles. The van der Waals surface area contributed by atoms with Crippen molar-refractivity contribution in [3.05, 3.63) is 23.8 Å². The van der Waals surface area contributed by atoms with Crippen LogP contribution >= 0.6 is 0 Å². The number of hydrogen-bond donors (Lipinski definition) is 0. The monoisotopic (exact) mass is 396 g/mol. The molecule has 1 rings (SSSR count). The summed E-state index contributed by atoms with van der Waals surface area (Å²) in [5.41, 5.74) is 0.447. The van der Waals surface area contributed by atoms with Crippen molar-refractivity contribution in [2.75, 3.05) is 20.8 Å². The van der Waals surface area contributed by atoms with Gasteiger partial charge in [0.2, 0.25) is 0 Å². The molecule has 0 bridgehead atoms. The number of ether oxygens (including phenoxy) is 2. The summed E-state index contributed by atoms with van der Waals surface area (Å²) in [6.07, 6.45) is 3.67. The van der Waals surface area contributed by atoms with Crippen molar-refractivity contribution in [2.24, 2.45) is 11.3 Å². The van der Waals surface area contributed by atoms with Crippen molar-refractivity contribution in [1.82, 2.24) is 0 Å². The molecule has 0 aromatic carbocycles. The minimum absolute atomic E-state index is 0.148. The highest BCUT2D eigenvalue weighted by Crippen LogP contribution is 2.48. The molecule has 27 heavy (non-hydrogen) atoms. The predicted octanol–water partition coefficient (Wildman–Crippen LogP) is 4.64. The third-order valence-corrected chi connectivity index (χ3v) is 10.6. The first-order chi connectivity index (χ1) is 12.3. The Hall–Kier alpha value is -1.40. The smallest absolute Gasteiger partial charge is 0.324 e. The molecule has 0 heterocycles. The van der Waals surface area contributed by atoms with Crippen LogP contribution < -0.4 is 0 Å². The second kappa shape index (κ2) is 8.74. The van der Waals surface area contributed by atoms with E-state index in [0.717, 1.165) is 17.6 Å². The van der Waals surface area contributed by atoms with E-state index < -0.39 is 25.7 Å². The fourth-order valence-corrected chi connectivity index (χ4v) is 4.33. The van der Waals surface area contributed by atoms with Crippen molar-refractivity contribution in [3.8, 4) is 0 Å². The van der Waals surface area contributed by atoms with Crippen molar-refractivity contribution in [1.29, 1.82) is 0 Å². The van der Waals surface area contributed by atoms with Crippen molar-refractivity contribution in [3.63, 3.8) is 0 Å². The Labute approximate surface area is 165 Å². The standard InChI is InChI=1S/C21H36O5Si/c1-15(2)16-13-17(11-10-12-26-27(8,9)20(3,4)5)21(14-16,18(22)24-6)19(23)25-7/h13,17H,1,10-12,14H2,2-9H3. The maximum Gasteiger partial charge on any atom is 0.324 e. The molecule has 0 radical (unpaired) electrons. The van der Waals surface area contributed by atoms with Gasteiger partial charge >= 0.3 is 11.9 Å². The van der Waals surface area contributed by atoms with E-state index in [9.17, 15) is 9.59 Å². The lowest BCUT2D eigenvalue weighted by molar-refractivity contribution is -0.171. The summed E-state index contributed by atoms with van der Waals surface area (Å²) in [5, 5.41) is 0.148. The van der Waals surface area contributed by atoms with Gasteiger partial charge in [-0.1, -0.05) is 39.0 Å². The molecule has 0 fully saturated rings. The lowest BCUT2D eigenvalue weighted by Gasteiger charge is -2.36. The van der Waals surface area contributed by atoms with Crippen LogP contribution in [0.15, 0.2) is 23.8 Å². The van der Waals surface area contributed by atoms with E-state index in [2.05, 4.69) is 40.4 Å². The van der Waals surface area contributed by atoms with E-state index in [-0.39, 0.29) is 17.4 Å². The largest absolute Gasteiger partial charge is 0.468 e. The van der Waals surface area contributed by atoms with Crippen LogP contribution in [-0.4, -0.2) is 41.1 Å². The average Bonchev–Trinajstić information content (AvgIpc) is 2.97. The summed E-state index contributed by atoms with van der Waals surface area (Å²) in [6.45, 7) is 17.5. The molecule has 1 unspecified atom stereocenters. The summed E-state index contributed by atoms with van der Waals surface area (Å²) < 4.78 is 16.2. The Kier molecular flexibility index (Phi) is 7.65. The van der Waals surface area contributed by atoms with Gasteiger partial charge in [-0.15, -0.1) is 0 Å². The van der Waals surface area contributed by atoms with Gasteiger partial charge in [-0.05, 0) is 49.9 Å². The maximum atomic E-state index is 12.6. The van der Waals surface area contributed by atoms with Gasteiger partial charge in [-0.25, -0.2) is 0 Å². The number of esters is 2. The molecule has 0 N–H and O–H groups in total. The molecule has 154 valence electrons. The molecule has 5 nitrogen and oxygen atoms in total. The van der Waals surface area contributed by atoms with E-state index in [1.165, 1.54) is 14.2 Å². The molecule has 1 atom stereocenters. The Morgan fingerprint density at radius 3 is 2.15 bits per heavy atom. The van der Waals surface area contributed by atoms with Crippen LogP contribution in [0.3, 0.4) is 0 Å². The van der Waals surface area contributed by atoms with Gasteiger partial charge in [-0.3, -0.25) is 9.59 Å². The first kappa shape index (κ1) is 23.6. The van der Waals surface area contributed by atoms with E-state index in [0.29, 0.717) is 13.0 Å². The molecule has 0 saturated carbocycles. The van der Waals surface area contributed by atoms with E-state index in [1.807, 2.05) is 13.0 Å². The minimum atomic E-state index is -1.82. The van der Waals surface area contributed by atoms with Crippen LogP contribution in [0.4, 0.5) is 0 Å². The van der Waals surface area contributed by atoms with Crippen LogP contribution in [0.1, 0.15) is 47.0 Å². The lowest BCUT2D eigenvalue weighted by atomic mass is 9.74. The van der Waals surface area contributed by atoms with Gasteiger partial charge in [0.25, 0.3) is 0 Å². The zero-order valence-corrected chi connectivity index (χ0v) is 19.2. The van der Waals surface area contributed by atoms with E-state index in [4.69, 9.17) is 13.9 Å². The summed E-state index contributed by atoms with van der Waals surface area (Å²) >= 11 is 0. The molecule has 0 saturated heterocycles. The normalized spacial score (nSPS) is 19.4. The Bertz CT molecular complexity index is 597. The van der Waals surface area contributed by atoms with Crippen LogP contribution in [0.5, 0.6) is 0 Å². The maximum absolute atomic E-state index is 12.6. The fraction of sp³-hybridized carbons (Fsp3) is 0.714. The van der Waals surface area contributed by atoms with Crippen LogP contribution in [-0.2, 0) is 23.5 Å². The lowest BCUT2D eigenvalue weighted by Crippen LogP contribution is -2.45. The van der Waals surface area contributed by atoms with Crippen molar-refractivity contribution < 1.29 is 23.5 Å². The molecule has 0 aromatic heterocycles. The summed E-state index contributed by atoms with van der Waals surface area (Å²) in [5.74, 6) is -1.37. The number of methoxy groups -OCH3 is 2. The molecule has 0 aromatic rings. The van der Waals surface area contributed by atoms with Crippen molar-refractivity contribution in [2.45, 2.75) is 65.1 Å². The number of rotatable bonds is 8. The Balaban J connectivity index is 2.97. The van der Waals surface area contributed by atoms with E-state index in [1.54, 1.807) is 0 Å². The average molecular weight is 397 g/mol. The van der Waals surface area contributed by atoms with Gasteiger partial charge in [0.1, 0.15) is 0 Å². The molecule has 1 aliphatic rings. The summed E-state index contributed by atoms with van der Waals surface area (Å²) in [6, 6.07) is 0. The highest BCUT2D eigenvalue weighted by molar-refractivity contribution is 6.74. The highest BCUT2D eigenvalue weighted by atomic mass is 28.4. The van der Waals surface area contributed by atoms with Crippen LogP contribution in [0, 0.1) is 11.3 Å². The van der Waals surface area contributed by atoms with Gasteiger partial charge in [-0.2, -0.15) is 0 Å².